The number of hydrogen-bond donors (Lipinski definition) is 1. The number of nitrogens with zero attached hydrogens (tertiary/aromatic N) is 2. The lowest BCUT2D eigenvalue weighted by atomic mass is 9.93. The molecule has 9 heteroatoms. The number of carbonyl (C=O) groups excluding carboxylic acids is 1. The summed E-state index contributed by atoms with van der Waals surface area (Å²) in [5.41, 5.74) is 4.41. The van der Waals surface area contributed by atoms with E-state index in [2.05, 4.69) is 20.9 Å². The van der Waals surface area contributed by atoms with Crippen LogP contribution in [0.5, 0.6) is 5.75 Å². The lowest BCUT2D eigenvalue weighted by molar-refractivity contribution is -0.139. The van der Waals surface area contributed by atoms with Gasteiger partial charge in [-0.15, -0.1) is 0 Å². The second-order valence-electron chi connectivity index (χ2n) is 9.01. The Morgan fingerprint density at radius 1 is 1.24 bits per heavy atom. The Bertz CT molecular complexity index is 1760. The number of methoxy groups -OCH3 is 1. The summed E-state index contributed by atoms with van der Waals surface area (Å²) in [5, 5.41) is 1.04. The second kappa shape index (κ2) is 10.7. The van der Waals surface area contributed by atoms with Gasteiger partial charge in [0.05, 0.1) is 29.5 Å². The predicted octanol–water partition coefficient (Wildman–Crippen LogP) is 5.14. The number of benzene rings is 2. The minimum Gasteiger partial charge on any atom is -0.496 e. The number of aromatic nitrogens is 2. The van der Waals surface area contributed by atoms with E-state index >= 15 is 0 Å². The molecule has 0 saturated carbocycles. The van der Waals surface area contributed by atoms with Crippen LogP contribution in [0.2, 0.25) is 0 Å². The van der Waals surface area contributed by atoms with Gasteiger partial charge in [-0.05, 0) is 50.6 Å². The molecular weight excluding hydrogens is 566 g/mol. The number of hydrogen-bond acceptors (Lipinski definition) is 6. The molecule has 0 aliphatic carbocycles. The lowest BCUT2D eigenvalue weighted by Gasteiger charge is -2.27. The van der Waals surface area contributed by atoms with Crippen molar-refractivity contribution in [3.63, 3.8) is 0 Å². The number of nitrogens with one attached hydrogen (secondary N) is 1. The normalized spacial score (nSPS) is 15.5. The first-order valence-electron chi connectivity index (χ1n) is 12.5. The van der Waals surface area contributed by atoms with E-state index in [1.54, 1.807) is 18.6 Å². The van der Waals surface area contributed by atoms with E-state index in [-0.39, 0.29) is 12.2 Å². The number of carbonyl (C=O) groups is 1. The van der Waals surface area contributed by atoms with Crippen molar-refractivity contribution in [3.8, 4) is 5.75 Å². The highest BCUT2D eigenvalue weighted by molar-refractivity contribution is 9.10. The molecule has 0 bridgehead atoms. The number of fused-ring (bicyclic) bond motifs is 2. The van der Waals surface area contributed by atoms with Crippen LogP contribution in [0.3, 0.4) is 0 Å². The summed E-state index contributed by atoms with van der Waals surface area (Å²) in [4.78, 5) is 36.3. The number of esters is 1. The molecule has 1 N–H and O–H groups in total. The number of para-hydroxylation sites is 1. The van der Waals surface area contributed by atoms with Gasteiger partial charge in [0.2, 0.25) is 0 Å². The van der Waals surface area contributed by atoms with Crippen molar-refractivity contribution in [2.45, 2.75) is 39.7 Å². The van der Waals surface area contributed by atoms with E-state index in [0.29, 0.717) is 38.3 Å². The van der Waals surface area contributed by atoms with Crippen molar-refractivity contribution < 1.29 is 14.3 Å². The summed E-state index contributed by atoms with van der Waals surface area (Å²) >= 11 is 4.88. The topological polar surface area (TPSA) is 85.7 Å². The van der Waals surface area contributed by atoms with Crippen LogP contribution in [-0.4, -0.2) is 29.2 Å². The van der Waals surface area contributed by atoms with Crippen LogP contribution in [-0.2, 0) is 9.53 Å². The van der Waals surface area contributed by atoms with Gasteiger partial charge in [0, 0.05) is 32.2 Å². The van der Waals surface area contributed by atoms with Crippen molar-refractivity contribution in [2.24, 2.45) is 4.99 Å². The molecule has 4 aromatic rings. The minimum absolute atomic E-state index is 0.217. The highest BCUT2D eigenvalue weighted by atomic mass is 79.9. The molecule has 1 aliphatic heterocycles. The van der Waals surface area contributed by atoms with E-state index in [1.165, 1.54) is 11.3 Å². The van der Waals surface area contributed by atoms with Gasteiger partial charge in [-0.1, -0.05) is 58.8 Å². The molecule has 5 rings (SSSR count). The quantitative estimate of drug-likeness (QED) is 0.301. The van der Waals surface area contributed by atoms with Gasteiger partial charge in [0.1, 0.15) is 11.8 Å². The van der Waals surface area contributed by atoms with E-state index in [4.69, 9.17) is 14.5 Å². The van der Waals surface area contributed by atoms with Crippen LogP contribution in [0, 0.1) is 6.92 Å². The van der Waals surface area contributed by atoms with Crippen molar-refractivity contribution in [1.82, 2.24) is 9.55 Å². The monoisotopic (exact) mass is 593 g/mol. The summed E-state index contributed by atoms with van der Waals surface area (Å²) in [6, 6.07) is 12.9. The van der Waals surface area contributed by atoms with Crippen molar-refractivity contribution >= 4 is 50.2 Å². The number of aromatic amines is 1. The van der Waals surface area contributed by atoms with E-state index < -0.39 is 12.0 Å². The molecule has 3 heterocycles. The average Bonchev–Trinajstić information content (AvgIpc) is 3.39. The number of halogens is 1. The zero-order chi connectivity index (χ0) is 27.0. The third-order valence-electron chi connectivity index (χ3n) is 6.60. The van der Waals surface area contributed by atoms with Crippen molar-refractivity contribution in [1.29, 1.82) is 0 Å². The van der Waals surface area contributed by atoms with Gasteiger partial charge in [0.25, 0.3) is 5.56 Å². The van der Waals surface area contributed by atoms with Crippen LogP contribution in [0.15, 0.2) is 68.0 Å². The Hall–Kier alpha value is -3.43. The first-order valence-corrected chi connectivity index (χ1v) is 14.1. The summed E-state index contributed by atoms with van der Waals surface area (Å²) in [6.45, 7) is 6.02. The Balaban J connectivity index is 1.83. The van der Waals surface area contributed by atoms with Crippen LogP contribution in [0.25, 0.3) is 17.0 Å². The van der Waals surface area contributed by atoms with E-state index in [9.17, 15) is 9.59 Å². The van der Waals surface area contributed by atoms with E-state index in [0.717, 1.165) is 33.1 Å². The van der Waals surface area contributed by atoms with Gasteiger partial charge >= 0.3 is 5.97 Å². The first-order chi connectivity index (χ1) is 18.4. The summed E-state index contributed by atoms with van der Waals surface area (Å²) in [7, 11) is 1.58. The number of ether oxygens (including phenoxy) is 2. The zero-order valence-corrected chi connectivity index (χ0v) is 24.0. The minimum atomic E-state index is -0.745. The largest absolute Gasteiger partial charge is 0.496 e. The maximum absolute atomic E-state index is 14.1. The van der Waals surface area contributed by atoms with Gasteiger partial charge < -0.3 is 14.5 Å². The summed E-state index contributed by atoms with van der Waals surface area (Å²) < 4.78 is 14.1. The van der Waals surface area contributed by atoms with Gasteiger partial charge in [-0.3, -0.25) is 9.36 Å². The molecule has 38 heavy (non-hydrogen) atoms. The third kappa shape index (κ3) is 4.54. The molecular formula is C29H28BrN3O4S. The fraction of sp³-hybridized carbons (Fsp3) is 0.276. The lowest BCUT2D eigenvalue weighted by Crippen LogP contribution is -2.40. The van der Waals surface area contributed by atoms with Gasteiger partial charge in [-0.25, -0.2) is 9.79 Å². The Kier molecular flexibility index (Phi) is 7.40. The highest BCUT2D eigenvalue weighted by Crippen LogP contribution is 2.38. The molecule has 0 unspecified atom stereocenters. The summed E-state index contributed by atoms with van der Waals surface area (Å²) in [5.74, 6) is 0.0910. The van der Waals surface area contributed by atoms with Crippen molar-refractivity contribution in [2.75, 3.05) is 13.7 Å². The molecule has 0 saturated heterocycles. The predicted molar refractivity (Wildman–Crippen MR) is 153 cm³/mol. The Morgan fingerprint density at radius 3 is 2.76 bits per heavy atom. The second-order valence-corrected chi connectivity index (χ2v) is 10.9. The fourth-order valence-corrected chi connectivity index (χ4v) is 6.33. The molecule has 1 aliphatic rings. The zero-order valence-electron chi connectivity index (χ0n) is 21.6. The number of thiazole rings is 1. The van der Waals surface area contributed by atoms with Crippen LogP contribution < -0.4 is 19.6 Å². The number of H-pyrrole nitrogens is 1. The number of rotatable bonds is 7. The van der Waals surface area contributed by atoms with E-state index in [1.807, 2.05) is 62.4 Å². The maximum Gasteiger partial charge on any atom is 0.338 e. The Morgan fingerprint density at radius 2 is 2.03 bits per heavy atom. The molecule has 0 radical (unpaired) electrons. The van der Waals surface area contributed by atoms with Gasteiger partial charge in [0.15, 0.2) is 4.80 Å². The third-order valence-corrected chi connectivity index (χ3v) is 8.07. The molecule has 196 valence electrons. The molecule has 0 fully saturated rings. The van der Waals surface area contributed by atoms with Crippen molar-refractivity contribution in [3.05, 3.63) is 94.7 Å². The fourth-order valence-electron chi connectivity index (χ4n) is 4.95. The Labute approximate surface area is 232 Å². The summed E-state index contributed by atoms with van der Waals surface area (Å²) in [6.07, 6.45) is 3.28. The SMILES string of the molecule is CCCC1=C(C(=O)OCC)[C@@H](c2cc(Br)ccc2OC)n2c(s/c(=C/c3c(C)[nH]c4ccccc34)c2=O)=N1. The van der Waals surface area contributed by atoms with Crippen LogP contribution in [0.1, 0.15) is 49.6 Å². The van der Waals surface area contributed by atoms with Gasteiger partial charge in [-0.2, -0.15) is 0 Å². The molecule has 0 spiro atoms. The molecule has 1 atom stereocenters. The highest BCUT2D eigenvalue weighted by Gasteiger charge is 2.36. The maximum atomic E-state index is 14.1. The number of aryl methyl sites for hydroxylation is 1. The number of allylic oxidation sites excluding steroid dienone is 1. The average molecular weight is 595 g/mol. The molecule has 2 aromatic carbocycles. The molecule has 7 nitrogen and oxygen atoms in total. The smallest absolute Gasteiger partial charge is 0.338 e. The van der Waals surface area contributed by atoms with Crippen LogP contribution in [0.4, 0.5) is 0 Å². The molecule has 2 aromatic heterocycles. The first kappa shape index (κ1) is 26.2. The molecule has 0 amide bonds. The standard InChI is InChI=1S/C29H28BrN3O4S/c1-5-9-22-25(28(35)37-6-2)26(20-14-17(30)12-13-23(20)36-4)33-27(34)24(38-29(33)32-22)15-19-16(3)31-21-11-8-7-10-18(19)21/h7-8,10-15,26,31H,5-6,9H2,1-4H3/b24-15+/t26-/m1/s1. The van der Waals surface area contributed by atoms with Crippen LogP contribution >= 0.6 is 27.3 Å².